The number of amides is 1. The van der Waals surface area contributed by atoms with Crippen molar-refractivity contribution in [1.82, 2.24) is 5.32 Å². The minimum atomic E-state index is -0.293. The fraction of sp³-hybridized carbons (Fsp3) is 0.588. The van der Waals surface area contributed by atoms with Crippen LogP contribution >= 0.6 is 0 Å². The monoisotopic (exact) mass is 290 g/mol. The molecule has 1 saturated heterocycles. The van der Waals surface area contributed by atoms with Crippen molar-refractivity contribution in [3.05, 3.63) is 29.8 Å². The van der Waals surface area contributed by atoms with E-state index in [0.717, 1.165) is 37.9 Å². The lowest BCUT2D eigenvalue weighted by atomic mass is 10.1. The summed E-state index contributed by atoms with van der Waals surface area (Å²) in [7, 11) is 0. The third-order valence-electron chi connectivity index (χ3n) is 3.83. The number of carbonyl (C=O) groups is 1. The van der Waals surface area contributed by atoms with Gasteiger partial charge in [0, 0.05) is 18.3 Å². The van der Waals surface area contributed by atoms with E-state index in [0.29, 0.717) is 6.61 Å². The molecular weight excluding hydrogens is 264 g/mol. The van der Waals surface area contributed by atoms with Gasteiger partial charge < -0.3 is 15.4 Å². The van der Waals surface area contributed by atoms with Crippen molar-refractivity contribution in [2.24, 2.45) is 0 Å². The van der Waals surface area contributed by atoms with Crippen molar-refractivity contribution >= 4 is 11.6 Å². The van der Waals surface area contributed by atoms with Gasteiger partial charge in [-0.15, -0.1) is 0 Å². The van der Waals surface area contributed by atoms with Gasteiger partial charge in [-0.25, -0.2) is 0 Å². The molecule has 4 heteroatoms. The highest BCUT2D eigenvalue weighted by Gasteiger charge is 2.21. The fourth-order valence-corrected chi connectivity index (χ4v) is 2.53. The average molecular weight is 290 g/mol. The van der Waals surface area contributed by atoms with Gasteiger partial charge in [-0.2, -0.15) is 0 Å². The molecule has 1 amide bonds. The summed E-state index contributed by atoms with van der Waals surface area (Å²) in [6, 6.07) is 8.31. The van der Waals surface area contributed by atoms with E-state index in [1.807, 2.05) is 18.2 Å². The number of hydrogen-bond acceptors (Lipinski definition) is 3. The quantitative estimate of drug-likeness (QED) is 0.845. The maximum Gasteiger partial charge on any atom is 0.253 e. The molecule has 1 aromatic carbocycles. The van der Waals surface area contributed by atoms with E-state index in [1.165, 1.54) is 5.56 Å². The van der Waals surface area contributed by atoms with Gasteiger partial charge in [-0.05, 0) is 56.8 Å². The standard InChI is InChI=1S/C17H26N2O2/c1-3-10-18-13(2)14-7-6-8-15(12-14)19-17(20)16-9-4-5-11-21-16/h6-8,12-13,16,18H,3-5,9-11H2,1-2H3,(H,19,20). The molecule has 0 aliphatic carbocycles. The zero-order chi connectivity index (χ0) is 15.1. The van der Waals surface area contributed by atoms with Gasteiger partial charge >= 0.3 is 0 Å². The molecule has 4 nitrogen and oxygen atoms in total. The second-order valence-electron chi connectivity index (χ2n) is 5.65. The van der Waals surface area contributed by atoms with Crippen LogP contribution < -0.4 is 10.6 Å². The Hall–Kier alpha value is -1.39. The molecule has 1 aliphatic rings. The highest BCUT2D eigenvalue weighted by molar-refractivity contribution is 5.94. The molecule has 2 unspecified atom stereocenters. The predicted molar refractivity (Wildman–Crippen MR) is 85.4 cm³/mol. The molecule has 0 aromatic heterocycles. The molecule has 2 atom stereocenters. The summed E-state index contributed by atoms with van der Waals surface area (Å²) in [5, 5.41) is 6.43. The maximum absolute atomic E-state index is 12.2. The number of benzene rings is 1. The minimum Gasteiger partial charge on any atom is -0.368 e. The Kier molecular flexibility index (Phi) is 6.21. The smallest absolute Gasteiger partial charge is 0.253 e. The van der Waals surface area contributed by atoms with E-state index in [1.54, 1.807) is 0 Å². The van der Waals surface area contributed by atoms with Gasteiger partial charge in [-0.1, -0.05) is 19.1 Å². The van der Waals surface area contributed by atoms with Crippen molar-refractivity contribution in [2.75, 3.05) is 18.5 Å². The first-order chi connectivity index (χ1) is 10.2. The van der Waals surface area contributed by atoms with Crippen molar-refractivity contribution in [3.63, 3.8) is 0 Å². The van der Waals surface area contributed by atoms with Crippen molar-refractivity contribution < 1.29 is 9.53 Å². The van der Waals surface area contributed by atoms with Crippen molar-refractivity contribution in [3.8, 4) is 0 Å². The SMILES string of the molecule is CCCNC(C)c1cccc(NC(=O)C2CCCCO2)c1. The molecule has 0 bridgehead atoms. The molecule has 0 radical (unpaired) electrons. The number of anilines is 1. The summed E-state index contributed by atoms with van der Waals surface area (Å²) in [6.07, 6.45) is 3.76. The molecule has 1 heterocycles. The van der Waals surface area contributed by atoms with E-state index in [9.17, 15) is 4.79 Å². The Bertz CT molecular complexity index is 456. The first-order valence-corrected chi connectivity index (χ1v) is 7.96. The lowest BCUT2D eigenvalue weighted by molar-refractivity contribution is -0.129. The number of carbonyl (C=O) groups excluding carboxylic acids is 1. The van der Waals surface area contributed by atoms with Crippen LogP contribution in [0.15, 0.2) is 24.3 Å². The van der Waals surface area contributed by atoms with Crippen LogP contribution in [0.5, 0.6) is 0 Å². The van der Waals surface area contributed by atoms with Gasteiger partial charge in [0.2, 0.25) is 0 Å². The average Bonchev–Trinajstić information content (AvgIpc) is 2.53. The lowest BCUT2D eigenvalue weighted by Crippen LogP contribution is -2.33. The topological polar surface area (TPSA) is 50.4 Å². The summed E-state index contributed by atoms with van der Waals surface area (Å²) in [5.41, 5.74) is 2.03. The molecule has 1 aromatic rings. The number of hydrogen-bond donors (Lipinski definition) is 2. The number of rotatable bonds is 6. The second kappa shape index (κ2) is 8.15. The normalized spacial score (nSPS) is 20.0. The van der Waals surface area contributed by atoms with E-state index in [-0.39, 0.29) is 18.1 Å². The Morgan fingerprint density at radius 1 is 1.43 bits per heavy atom. The Morgan fingerprint density at radius 2 is 2.29 bits per heavy atom. The molecule has 1 aliphatic heterocycles. The zero-order valence-electron chi connectivity index (χ0n) is 13.0. The Morgan fingerprint density at radius 3 is 3.00 bits per heavy atom. The molecule has 0 spiro atoms. The van der Waals surface area contributed by atoms with Crippen molar-refractivity contribution in [2.45, 2.75) is 51.7 Å². The van der Waals surface area contributed by atoms with Crippen LogP contribution in [0.2, 0.25) is 0 Å². The Labute approximate surface area is 127 Å². The number of nitrogens with one attached hydrogen (secondary N) is 2. The fourth-order valence-electron chi connectivity index (χ4n) is 2.53. The zero-order valence-corrected chi connectivity index (χ0v) is 13.0. The van der Waals surface area contributed by atoms with Crippen LogP contribution in [0.1, 0.15) is 51.1 Å². The summed E-state index contributed by atoms with van der Waals surface area (Å²) < 4.78 is 5.52. The first kappa shape index (κ1) is 16.0. The molecule has 0 saturated carbocycles. The van der Waals surface area contributed by atoms with Crippen LogP contribution in [-0.2, 0) is 9.53 Å². The van der Waals surface area contributed by atoms with E-state index >= 15 is 0 Å². The van der Waals surface area contributed by atoms with E-state index in [4.69, 9.17) is 4.74 Å². The Balaban J connectivity index is 1.95. The van der Waals surface area contributed by atoms with Crippen LogP contribution in [0, 0.1) is 0 Å². The molecule has 21 heavy (non-hydrogen) atoms. The molecule has 2 N–H and O–H groups in total. The third-order valence-corrected chi connectivity index (χ3v) is 3.83. The summed E-state index contributed by atoms with van der Waals surface area (Å²) in [4.78, 5) is 12.2. The minimum absolute atomic E-state index is 0.0268. The highest BCUT2D eigenvalue weighted by Crippen LogP contribution is 2.19. The second-order valence-corrected chi connectivity index (χ2v) is 5.65. The molecule has 116 valence electrons. The van der Waals surface area contributed by atoms with Gasteiger partial charge in [-0.3, -0.25) is 4.79 Å². The van der Waals surface area contributed by atoms with E-state index in [2.05, 4.69) is 30.5 Å². The largest absolute Gasteiger partial charge is 0.368 e. The van der Waals surface area contributed by atoms with Gasteiger partial charge in [0.15, 0.2) is 0 Å². The van der Waals surface area contributed by atoms with Crippen LogP contribution in [0.25, 0.3) is 0 Å². The van der Waals surface area contributed by atoms with Gasteiger partial charge in [0.1, 0.15) is 6.10 Å². The van der Waals surface area contributed by atoms with Crippen molar-refractivity contribution in [1.29, 1.82) is 0 Å². The van der Waals surface area contributed by atoms with Crippen LogP contribution in [0.3, 0.4) is 0 Å². The summed E-state index contributed by atoms with van der Waals surface area (Å²) in [5.74, 6) is -0.0268. The molecule has 1 fully saturated rings. The summed E-state index contributed by atoms with van der Waals surface area (Å²) >= 11 is 0. The number of ether oxygens (including phenoxy) is 1. The molecule has 2 rings (SSSR count). The van der Waals surface area contributed by atoms with Crippen LogP contribution in [0.4, 0.5) is 5.69 Å². The van der Waals surface area contributed by atoms with Crippen LogP contribution in [-0.4, -0.2) is 25.2 Å². The molecular formula is C17H26N2O2. The summed E-state index contributed by atoms with van der Waals surface area (Å²) in [6.45, 7) is 5.98. The maximum atomic E-state index is 12.2. The van der Waals surface area contributed by atoms with Gasteiger partial charge in [0.25, 0.3) is 5.91 Å². The highest BCUT2D eigenvalue weighted by atomic mass is 16.5. The predicted octanol–water partition coefficient (Wildman–Crippen LogP) is 3.25. The van der Waals surface area contributed by atoms with E-state index < -0.39 is 0 Å². The van der Waals surface area contributed by atoms with Gasteiger partial charge in [0.05, 0.1) is 0 Å². The first-order valence-electron chi connectivity index (χ1n) is 7.96. The lowest BCUT2D eigenvalue weighted by Gasteiger charge is -2.22. The third kappa shape index (κ3) is 4.83.